The molecule has 0 amide bonds. The van der Waals surface area contributed by atoms with Crippen LogP contribution >= 0.6 is 11.6 Å². The first-order valence-corrected chi connectivity index (χ1v) is 8.01. The topological polar surface area (TPSA) is 37.8 Å². The third-order valence-corrected chi connectivity index (χ3v) is 4.10. The number of halogens is 1. The molecule has 4 heteroatoms. The molecule has 0 radical (unpaired) electrons. The Morgan fingerprint density at radius 1 is 1.10 bits per heavy atom. The van der Waals surface area contributed by atoms with Crippen LogP contribution < -0.4 is 5.32 Å². The lowest BCUT2D eigenvalue weighted by molar-refractivity contribution is 0.657. The monoisotopic (exact) mass is 301 g/mol. The Bertz CT molecular complexity index is 623. The minimum atomic E-state index is 0.753. The summed E-state index contributed by atoms with van der Waals surface area (Å²) in [4.78, 5) is 9.53. The van der Waals surface area contributed by atoms with Gasteiger partial charge in [0.1, 0.15) is 11.6 Å². The number of benzene rings is 1. The van der Waals surface area contributed by atoms with E-state index >= 15 is 0 Å². The van der Waals surface area contributed by atoms with Crippen molar-refractivity contribution < 1.29 is 0 Å². The summed E-state index contributed by atoms with van der Waals surface area (Å²) < 4.78 is 0. The molecule has 1 aliphatic carbocycles. The van der Waals surface area contributed by atoms with Crippen molar-refractivity contribution in [2.24, 2.45) is 0 Å². The predicted molar refractivity (Wildman–Crippen MR) is 87.1 cm³/mol. The van der Waals surface area contributed by atoms with Crippen LogP contribution in [0.5, 0.6) is 0 Å². The molecule has 1 aromatic carbocycles. The molecule has 0 fully saturated rings. The third-order valence-electron chi connectivity index (χ3n) is 3.85. The maximum Gasteiger partial charge on any atom is 0.135 e. The van der Waals surface area contributed by atoms with Crippen LogP contribution in [0, 0.1) is 0 Å². The molecule has 1 N–H and O–H groups in total. The number of fused-ring (bicyclic) bond motifs is 1. The molecule has 0 aliphatic heterocycles. The Labute approximate surface area is 130 Å². The minimum absolute atomic E-state index is 0.753. The van der Waals surface area contributed by atoms with Gasteiger partial charge in [0.15, 0.2) is 0 Å². The Morgan fingerprint density at radius 3 is 2.62 bits per heavy atom. The number of rotatable bonds is 4. The molecular formula is C17H20ClN3. The van der Waals surface area contributed by atoms with Gasteiger partial charge in [0.2, 0.25) is 0 Å². The normalized spacial score (nSPS) is 13.8. The van der Waals surface area contributed by atoms with Gasteiger partial charge in [-0.25, -0.2) is 9.97 Å². The smallest absolute Gasteiger partial charge is 0.135 e. The maximum absolute atomic E-state index is 5.93. The van der Waals surface area contributed by atoms with Gasteiger partial charge in [-0.2, -0.15) is 0 Å². The fourth-order valence-electron chi connectivity index (χ4n) is 2.82. The summed E-state index contributed by atoms with van der Waals surface area (Å²) >= 11 is 5.93. The molecule has 0 spiro atoms. The molecule has 0 bridgehead atoms. The van der Waals surface area contributed by atoms with Crippen molar-refractivity contribution in [2.45, 2.75) is 39.0 Å². The first-order valence-electron chi connectivity index (χ1n) is 7.63. The molecule has 21 heavy (non-hydrogen) atoms. The van der Waals surface area contributed by atoms with Crippen molar-refractivity contribution in [3.05, 3.63) is 51.9 Å². The fraction of sp³-hybridized carbons (Fsp3) is 0.412. The van der Waals surface area contributed by atoms with E-state index in [1.807, 2.05) is 24.3 Å². The highest BCUT2D eigenvalue weighted by Gasteiger charge is 2.17. The zero-order valence-corrected chi connectivity index (χ0v) is 13.1. The molecule has 0 saturated carbocycles. The van der Waals surface area contributed by atoms with Crippen LogP contribution in [0.3, 0.4) is 0 Å². The zero-order chi connectivity index (χ0) is 14.7. The van der Waals surface area contributed by atoms with Gasteiger partial charge < -0.3 is 5.32 Å². The number of hydrogen-bond donors (Lipinski definition) is 1. The fourth-order valence-corrected chi connectivity index (χ4v) is 2.95. The number of anilines is 1. The van der Waals surface area contributed by atoms with E-state index in [-0.39, 0.29) is 0 Å². The van der Waals surface area contributed by atoms with Gasteiger partial charge in [-0.1, -0.05) is 23.7 Å². The molecule has 0 atom stereocenters. The van der Waals surface area contributed by atoms with E-state index in [0.717, 1.165) is 42.5 Å². The quantitative estimate of drug-likeness (QED) is 0.926. The van der Waals surface area contributed by atoms with Crippen molar-refractivity contribution in [2.75, 3.05) is 11.9 Å². The van der Waals surface area contributed by atoms with E-state index in [2.05, 4.69) is 12.2 Å². The molecule has 1 aromatic heterocycles. The van der Waals surface area contributed by atoms with Gasteiger partial charge in [0.05, 0.1) is 0 Å². The van der Waals surface area contributed by atoms with Crippen LogP contribution in [-0.2, 0) is 19.3 Å². The second kappa shape index (κ2) is 6.44. The van der Waals surface area contributed by atoms with Crippen LogP contribution in [0.4, 0.5) is 5.82 Å². The standard InChI is InChI=1S/C17H20ClN3/c1-2-19-17-14-5-3-4-6-15(14)20-16(21-17)11-12-7-9-13(18)10-8-12/h7-10H,2-6,11H2,1H3,(H,19,20,21). The van der Waals surface area contributed by atoms with E-state index in [4.69, 9.17) is 21.6 Å². The van der Waals surface area contributed by atoms with Crippen LogP contribution in [0.1, 0.15) is 42.4 Å². The van der Waals surface area contributed by atoms with Crippen molar-refractivity contribution in [1.29, 1.82) is 0 Å². The molecular weight excluding hydrogens is 282 g/mol. The number of hydrogen-bond acceptors (Lipinski definition) is 3. The van der Waals surface area contributed by atoms with E-state index < -0.39 is 0 Å². The number of nitrogens with one attached hydrogen (secondary N) is 1. The highest BCUT2D eigenvalue weighted by molar-refractivity contribution is 6.30. The summed E-state index contributed by atoms with van der Waals surface area (Å²) in [7, 11) is 0. The van der Waals surface area contributed by atoms with E-state index in [1.54, 1.807) is 0 Å². The van der Waals surface area contributed by atoms with E-state index in [9.17, 15) is 0 Å². The third kappa shape index (κ3) is 3.35. The van der Waals surface area contributed by atoms with Crippen molar-refractivity contribution in [3.8, 4) is 0 Å². The van der Waals surface area contributed by atoms with Gasteiger partial charge in [-0.05, 0) is 50.3 Å². The molecule has 110 valence electrons. The van der Waals surface area contributed by atoms with Crippen LogP contribution in [0.25, 0.3) is 0 Å². The summed E-state index contributed by atoms with van der Waals surface area (Å²) in [5, 5.41) is 4.16. The zero-order valence-electron chi connectivity index (χ0n) is 12.3. The predicted octanol–water partition coefficient (Wildman–Crippen LogP) is 4.03. The first kappa shape index (κ1) is 14.3. The summed E-state index contributed by atoms with van der Waals surface area (Å²) in [5.41, 5.74) is 3.75. The van der Waals surface area contributed by atoms with Crippen molar-refractivity contribution >= 4 is 17.4 Å². The minimum Gasteiger partial charge on any atom is -0.370 e. The Kier molecular flexibility index (Phi) is 4.39. The average Bonchev–Trinajstić information content (AvgIpc) is 2.50. The van der Waals surface area contributed by atoms with Crippen LogP contribution in [-0.4, -0.2) is 16.5 Å². The lowest BCUT2D eigenvalue weighted by Crippen LogP contribution is -2.15. The molecule has 0 saturated heterocycles. The highest BCUT2D eigenvalue weighted by atomic mass is 35.5. The van der Waals surface area contributed by atoms with Crippen molar-refractivity contribution in [1.82, 2.24) is 9.97 Å². The van der Waals surface area contributed by atoms with Crippen molar-refractivity contribution in [3.63, 3.8) is 0 Å². The average molecular weight is 302 g/mol. The summed E-state index contributed by atoms with van der Waals surface area (Å²) in [6.45, 7) is 3.00. The maximum atomic E-state index is 5.93. The van der Waals surface area contributed by atoms with E-state index in [1.165, 1.54) is 29.7 Å². The van der Waals surface area contributed by atoms with Gasteiger partial charge in [-0.3, -0.25) is 0 Å². The molecule has 0 unspecified atom stereocenters. The molecule has 2 aromatic rings. The molecule has 1 aliphatic rings. The lowest BCUT2D eigenvalue weighted by Gasteiger charge is -2.19. The summed E-state index contributed by atoms with van der Waals surface area (Å²) in [5.74, 6) is 1.93. The number of nitrogens with zero attached hydrogens (tertiary/aromatic N) is 2. The summed E-state index contributed by atoms with van der Waals surface area (Å²) in [6.07, 6.45) is 5.40. The Balaban J connectivity index is 1.91. The largest absolute Gasteiger partial charge is 0.370 e. The Morgan fingerprint density at radius 2 is 1.86 bits per heavy atom. The highest BCUT2D eigenvalue weighted by Crippen LogP contribution is 2.26. The van der Waals surface area contributed by atoms with Gasteiger partial charge >= 0.3 is 0 Å². The van der Waals surface area contributed by atoms with Gasteiger partial charge in [0.25, 0.3) is 0 Å². The summed E-state index contributed by atoms with van der Waals surface area (Å²) in [6, 6.07) is 7.91. The number of aryl methyl sites for hydroxylation is 1. The first-order chi connectivity index (χ1) is 10.3. The van der Waals surface area contributed by atoms with Gasteiger partial charge in [-0.15, -0.1) is 0 Å². The molecule has 3 nitrogen and oxygen atoms in total. The Hall–Kier alpha value is -1.61. The number of aromatic nitrogens is 2. The molecule has 3 rings (SSSR count). The second-order valence-corrected chi connectivity index (χ2v) is 5.89. The molecule has 1 heterocycles. The SMILES string of the molecule is CCNc1nc(Cc2ccc(Cl)cc2)nc2c1CCCC2. The van der Waals surface area contributed by atoms with Crippen LogP contribution in [0.15, 0.2) is 24.3 Å². The van der Waals surface area contributed by atoms with Gasteiger partial charge in [0, 0.05) is 29.2 Å². The lowest BCUT2D eigenvalue weighted by atomic mass is 9.96. The van der Waals surface area contributed by atoms with Crippen LogP contribution in [0.2, 0.25) is 5.02 Å². The van der Waals surface area contributed by atoms with E-state index in [0.29, 0.717) is 0 Å². The second-order valence-electron chi connectivity index (χ2n) is 5.45.